The topological polar surface area (TPSA) is 93.9 Å². The van der Waals surface area contributed by atoms with E-state index >= 15 is 0 Å². The molecule has 1 aromatic rings. The Kier molecular flexibility index (Phi) is 4.64. The molecule has 116 valence electrons. The molecule has 0 amide bonds. The summed E-state index contributed by atoms with van der Waals surface area (Å²) in [5.41, 5.74) is -0.436. The van der Waals surface area contributed by atoms with Gasteiger partial charge in [0, 0.05) is 37.4 Å². The lowest BCUT2D eigenvalue weighted by Crippen LogP contribution is -2.37. The summed E-state index contributed by atoms with van der Waals surface area (Å²) in [7, 11) is 0. The predicted octanol–water partition coefficient (Wildman–Crippen LogP) is 1.95. The second-order valence-corrected chi connectivity index (χ2v) is 5.52. The molecule has 2 N–H and O–H groups in total. The largest absolute Gasteiger partial charge is 0.491 e. The first-order valence-corrected chi connectivity index (χ1v) is 6.88. The summed E-state index contributed by atoms with van der Waals surface area (Å²) in [6.07, 6.45) is 0.469. The Bertz CT molecular complexity index is 512. The number of aliphatic hydroxyl groups is 1. The predicted molar refractivity (Wildman–Crippen MR) is 77.7 cm³/mol. The van der Waals surface area contributed by atoms with Gasteiger partial charge in [-0.05, 0) is 13.8 Å². The molecular formula is C14H20N2O5. The van der Waals surface area contributed by atoms with Gasteiger partial charge in [0.05, 0.1) is 23.7 Å². The van der Waals surface area contributed by atoms with Gasteiger partial charge in [0.2, 0.25) is 0 Å². The molecule has 1 fully saturated rings. The molecule has 1 unspecified atom stereocenters. The summed E-state index contributed by atoms with van der Waals surface area (Å²) in [5.74, 6) is 0.427. The number of nitro groups is 1. The number of nitrogens with one attached hydrogen (secondary N) is 1. The number of hydrogen-bond donors (Lipinski definition) is 2. The van der Waals surface area contributed by atoms with Gasteiger partial charge in [0.25, 0.3) is 5.69 Å². The Balaban J connectivity index is 2.13. The molecular weight excluding hydrogens is 276 g/mol. The number of benzene rings is 1. The summed E-state index contributed by atoms with van der Waals surface area (Å²) in [5, 5.41) is 24.2. The van der Waals surface area contributed by atoms with Gasteiger partial charge in [0.1, 0.15) is 11.4 Å². The minimum Gasteiger partial charge on any atom is -0.491 e. The first-order valence-electron chi connectivity index (χ1n) is 6.88. The van der Waals surface area contributed by atoms with Crippen molar-refractivity contribution >= 4 is 11.4 Å². The normalized spacial score (nSPS) is 21.5. The third kappa shape index (κ3) is 4.30. The summed E-state index contributed by atoms with van der Waals surface area (Å²) < 4.78 is 10.7. The van der Waals surface area contributed by atoms with Crippen LogP contribution in [-0.4, -0.2) is 41.5 Å². The van der Waals surface area contributed by atoms with E-state index in [9.17, 15) is 15.2 Å². The summed E-state index contributed by atoms with van der Waals surface area (Å²) in [6, 6.07) is 4.50. The molecule has 21 heavy (non-hydrogen) atoms. The Hall–Kier alpha value is -1.86. The number of nitro benzene ring substituents is 1. The Labute approximate surface area is 123 Å². The van der Waals surface area contributed by atoms with E-state index in [1.807, 2.05) is 13.8 Å². The average molecular weight is 296 g/mol. The quantitative estimate of drug-likeness (QED) is 0.615. The van der Waals surface area contributed by atoms with Gasteiger partial charge in [-0.2, -0.15) is 0 Å². The molecule has 1 heterocycles. The van der Waals surface area contributed by atoms with Crippen LogP contribution in [0, 0.1) is 10.1 Å². The highest BCUT2D eigenvalue weighted by Crippen LogP contribution is 2.28. The van der Waals surface area contributed by atoms with Crippen LogP contribution in [-0.2, 0) is 4.74 Å². The van der Waals surface area contributed by atoms with E-state index in [2.05, 4.69) is 5.32 Å². The van der Waals surface area contributed by atoms with E-state index < -0.39 is 10.5 Å². The molecule has 1 saturated heterocycles. The van der Waals surface area contributed by atoms with Crippen molar-refractivity contribution in [3.05, 3.63) is 28.3 Å². The van der Waals surface area contributed by atoms with Gasteiger partial charge in [0.15, 0.2) is 0 Å². The monoisotopic (exact) mass is 296 g/mol. The lowest BCUT2D eigenvalue weighted by Gasteiger charge is -2.21. The zero-order valence-corrected chi connectivity index (χ0v) is 12.2. The molecule has 1 aromatic carbocycles. The van der Waals surface area contributed by atoms with Gasteiger partial charge in [-0.15, -0.1) is 0 Å². The first kappa shape index (κ1) is 15.5. The van der Waals surface area contributed by atoms with Crippen molar-refractivity contribution in [3.63, 3.8) is 0 Å². The molecule has 1 aliphatic rings. The summed E-state index contributed by atoms with van der Waals surface area (Å²) in [6.45, 7) is 4.77. The van der Waals surface area contributed by atoms with Crippen LogP contribution in [0.25, 0.3) is 0 Å². The molecule has 1 atom stereocenters. The Morgan fingerprint density at radius 1 is 1.52 bits per heavy atom. The number of nitrogens with zero attached hydrogens (tertiary/aromatic N) is 1. The van der Waals surface area contributed by atoms with Crippen LogP contribution in [0.3, 0.4) is 0 Å². The molecule has 0 radical (unpaired) electrons. The molecule has 1 aliphatic heterocycles. The van der Waals surface area contributed by atoms with E-state index in [4.69, 9.17) is 9.47 Å². The number of rotatable bonds is 6. The van der Waals surface area contributed by atoms with Crippen molar-refractivity contribution in [1.82, 2.24) is 0 Å². The minimum atomic E-state index is -0.927. The van der Waals surface area contributed by atoms with Crippen molar-refractivity contribution in [3.8, 4) is 5.75 Å². The highest BCUT2D eigenvalue weighted by Gasteiger charge is 2.32. The Morgan fingerprint density at radius 2 is 2.29 bits per heavy atom. The van der Waals surface area contributed by atoms with E-state index in [-0.39, 0.29) is 24.9 Å². The molecule has 0 saturated carbocycles. The van der Waals surface area contributed by atoms with Crippen LogP contribution in [0.1, 0.15) is 20.3 Å². The second kappa shape index (κ2) is 6.28. The standard InChI is InChI=1S/C14H20N2O5/c1-10(2)21-13-6-11(5-12(7-13)16(18)19)15-8-14(17)3-4-20-9-14/h5-7,10,15,17H,3-4,8-9H2,1-2H3. The van der Waals surface area contributed by atoms with E-state index in [0.29, 0.717) is 24.5 Å². The van der Waals surface area contributed by atoms with Gasteiger partial charge in [-0.1, -0.05) is 0 Å². The molecule has 7 heteroatoms. The molecule has 0 bridgehead atoms. The van der Waals surface area contributed by atoms with Gasteiger partial charge < -0.3 is 19.9 Å². The van der Waals surface area contributed by atoms with Crippen LogP contribution < -0.4 is 10.1 Å². The molecule has 0 spiro atoms. The number of hydrogen-bond acceptors (Lipinski definition) is 6. The summed E-state index contributed by atoms with van der Waals surface area (Å²) in [4.78, 5) is 10.5. The maximum atomic E-state index is 11.0. The third-order valence-electron chi connectivity index (χ3n) is 3.18. The molecule has 7 nitrogen and oxygen atoms in total. The van der Waals surface area contributed by atoms with Crippen LogP contribution >= 0.6 is 0 Å². The van der Waals surface area contributed by atoms with Gasteiger partial charge in [-0.25, -0.2) is 0 Å². The Morgan fingerprint density at radius 3 is 2.86 bits per heavy atom. The lowest BCUT2D eigenvalue weighted by molar-refractivity contribution is -0.384. The number of anilines is 1. The fourth-order valence-corrected chi connectivity index (χ4v) is 2.13. The van der Waals surface area contributed by atoms with Crippen molar-refractivity contribution in [2.45, 2.75) is 32.0 Å². The maximum absolute atomic E-state index is 11.0. The highest BCUT2D eigenvalue weighted by atomic mass is 16.6. The van der Waals surface area contributed by atoms with E-state index in [1.165, 1.54) is 12.1 Å². The van der Waals surface area contributed by atoms with Crippen molar-refractivity contribution in [2.24, 2.45) is 0 Å². The number of ether oxygens (including phenoxy) is 2. The molecule has 2 rings (SSSR count). The molecule has 0 aromatic heterocycles. The fraction of sp³-hybridized carbons (Fsp3) is 0.571. The van der Waals surface area contributed by atoms with Crippen molar-refractivity contribution in [2.75, 3.05) is 25.1 Å². The second-order valence-electron chi connectivity index (χ2n) is 5.52. The first-order chi connectivity index (χ1) is 9.88. The van der Waals surface area contributed by atoms with Gasteiger partial charge in [-0.3, -0.25) is 10.1 Å². The number of non-ortho nitro benzene ring substituents is 1. The zero-order valence-electron chi connectivity index (χ0n) is 12.2. The third-order valence-corrected chi connectivity index (χ3v) is 3.18. The van der Waals surface area contributed by atoms with Crippen molar-refractivity contribution < 1.29 is 19.5 Å². The summed E-state index contributed by atoms with van der Waals surface area (Å²) >= 11 is 0. The van der Waals surface area contributed by atoms with Crippen LogP contribution in [0.15, 0.2) is 18.2 Å². The lowest BCUT2D eigenvalue weighted by atomic mass is 10.0. The smallest absolute Gasteiger partial charge is 0.275 e. The maximum Gasteiger partial charge on any atom is 0.275 e. The van der Waals surface area contributed by atoms with Crippen LogP contribution in [0.5, 0.6) is 5.75 Å². The van der Waals surface area contributed by atoms with Gasteiger partial charge >= 0.3 is 0 Å². The fourth-order valence-electron chi connectivity index (χ4n) is 2.13. The minimum absolute atomic E-state index is 0.0506. The average Bonchev–Trinajstić information content (AvgIpc) is 2.83. The SMILES string of the molecule is CC(C)Oc1cc(NCC2(O)CCOC2)cc([N+](=O)[O-])c1. The highest BCUT2D eigenvalue weighted by molar-refractivity contribution is 5.56. The zero-order chi connectivity index (χ0) is 15.5. The van der Waals surface area contributed by atoms with Crippen LogP contribution in [0.4, 0.5) is 11.4 Å². The molecule has 0 aliphatic carbocycles. The van der Waals surface area contributed by atoms with Crippen molar-refractivity contribution in [1.29, 1.82) is 0 Å². The van der Waals surface area contributed by atoms with E-state index in [1.54, 1.807) is 6.07 Å². The van der Waals surface area contributed by atoms with Crippen LogP contribution in [0.2, 0.25) is 0 Å². The van der Waals surface area contributed by atoms with E-state index in [0.717, 1.165) is 0 Å².